The Labute approximate surface area is 178 Å². The highest BCUT2D eigenvalue weighted by atomic mass is 16.8. The molecule has 0 aliphatic carbocycles. The first-order chi connectivity index (χ1) is 14.9. The Balaban J connectivity index is 1.93. The number of rotatable bonds is 4. The van der Waals surface area contributed by atoms with Gasteiger partial charge in [-0.1, -0.05) is 42.5 Å². The summed E-state index contributed by atoms with van der Waals surface area (Å²) in [6.45, 7) is 2.15. The van der Waals surface area contributed by atoms with E-state index in [0.717, 1.165) is 5.56 Å². The lowest BCUT2D eigenvalue weighted by atomic mass is 9.84. The van der Waals surface area contributed by atoms with Crippen molar-refractivity contribution in [2.75, 3.05) is 0 Å². The van der Waals surface area contributed by atoms with Crippen LogP contribution in [0.1, 0.15) is 28.3 Å². The Hall–Kier alpha value is -3.90. The highest BCUT2D eigenvalue weighted by Crippen LogP contribution is 2.40. The molecule has 4 N–H and O–H groups in total. The van der Waals surface area contributed by atoms with E-state index in [2.05, 4.69) is 0 Å². The van der Waals surface area contributed by atoms with Crippen LogP contribution in [-0.2, 0) is 6.54 Å². The Morgan fingerprint density at radius 2 is 1.97 bits per heavy atom. The summed E-state index contributed by atoms with van der Waals surface area (Å²) < 4.78 is 7.25. The van der Waals surface area contributed by atoms with Crippen molar-refractivity contribution in [2.45, 2.75) is 19.4 Å². The molecule has 1 aliphatic rings. The van der Waals surface area contributed by atoms with Gasteiger partial charge in [0.25, 0.3) is 5.56 Å². The molecule has 0 spiro atoms. The van der Waals surface area contributed by atoms with Gasteiger partial charge in [0.1, 0.15) is 17.4 Å². The molecule has 0 bridgehead atoms. The maximum atomic E-state index is 13.6. The molecule has 2 aromatic carbocycles. The molecule has 2 unspecified atom stereocenters. The zero-order chi connectivity index (χ0) is 22.1. The molecule has 4 rings (SSSR count). The molecule has 0 saturated carbocycles. The highest BCUT2D eigenvalue weighted by Gasteiger charge is 2.34. The molecule has 2 heterocycles. The lowest BCUT2D eigenvalue weighted by Gasteiger charge is -2.27. The molecule has 156 valence electrons. The monoisotopic (exact) mass is 416 g/mol. The second-order valence-corrected chi connectivity index (χ2v) is 7.30. The third-order valence-electron chi connectivity index (χ3n) is 5.34. The summed E-state index contributed by atoms with van der Waals surface area (Å²) in [6.07, 6.45) is 0. The molecule has 1 aliphatic heterocycles. The van der Waals surface area contributed by atoms with Crippen molar-refractivity contribution in [3.63, 3.8) is 0 Å². The van der Waals surface area contributed by atoms with Gasteiger partial charge in [0.15, 0.2) is 5.69 Å². The Kier molecular flexibility index (Phi) is 5.31. The first kappa shape index (κ1) is 20.4. The Morgan fingerprint density at radius 1 is 1.23 bits per heavy atom. The predicted octanol–water partition coefficient (Wildman–Crippen LogP) is 1.83. The molecular formula is C23H20N4O4. The average Bonchev–Trinajstić information content (AvgIpc) is 2.76. The number of ether oxygens (including phenoxy) is 1. The number of quaternary nitrogens is 1. The SMILES string of the molecule is Cc1cc2c(c(=O)n1Cc1ccccc1)C(c1cccc([NH+]([O-])O)c1)C(C#N)=C(N)O2. The first-order valence-electron chi connectivity index (χ1n) is 9.59. The van der Waals surface area contributed by atoms with Crippen LogP contribution < -0.4 is 21.3 Å². The highest BCUT2D eigenvalue weighted by molar-refractivity contribution is 5.56. The molecule has 0 saturated heterocycles. The standard InChI is InChI=1S/C23H20N4O4/c1-14-10-19-21(23(28)26(14)13-15-6-3-2-4-7-15)20(18(12-24)22(25)31-19)16-8-5-9-17(11-16)27(29)30/h2-11,20,27,29H,13,25H2,1H3. The first-order valence-corrected chi connectivity index (χ1v) is 9.59. The minimum absolute atomic E-state index is 0.0538. The fourth-order valence-corrected chi connectivity index (χ4v) is 3.83. The topological polar surface area (TPSA) is 129 Å². The molecule has 0 amide bonds. The Bertz CT molecular complexity index is 1270. The Morgan fingerprint density at radius 3 is 2.65 bits per heavy atom. The molecule has 1 aromatic heterocycles. The number of pyridine rings is 1. The number of aryl methyl sites for hydroxylation is 1. The lowest BCUT2D eigenvalue weighted by molar-refractivity contribution is -0.991. The third-order valence-corrected chi connectivity index (χ3v) is 5.34. The third kappa shape index (κ3) is 3.69. The number of aromatic nitrogens is 1. The lowest BCUT2D eigenvalue weighted by Crippen LogP contribution is -2.99. The van der Waals surface area contributed by atoms with E-state index in [1.807, 2.05) is 36.4 Å². The average molecular weight is 416 g/mol. The smallest absolute Gasteiger partial charge is 0.259 e. The molecule has 31 heavy (non-hydrogen) atoms. The van der Waals surface area contributed by atoms with Gasteiger partial charge in [-0.05, 0) is 18.1 Å². The molecule has 0 fully saturated rings. The van der Waals surface area contributed by atoms with Crippen LogP contribution >= 0.6 is 0 Å². The fourth-order valence-electron chi connectivity index (χ4n) is 3.83. The van der Waals surface area contributed by atoms with E-state index in [1.165, 1.54) is 12.1 Å². The largest absolute Gasteiger partial charge is 0.595 e. The zero-order valence-electron chi connectivity index (χ0n) is 16.7. The van der Waals surface area contributed by atoms with Gasteiger partial charge >= 0.3 is 0 Å². The number of nitrogens with two attached hydrogens (primary N) is 1. The number of nitrogens with zero attached hydrogens (tertiary/aromatic N) is 2. The van der Waals surface area contributed by atoms with Crippen molar-refractivity contribution in [3.05, 3.63) is 110 Å². The van der Waals surface area contributed by atoms with Crippen molar-refractivity contribution >= 4 is 5.69 Å². The van der Waals surface area contributed by atoms with E-state index in [4.69, 9.17) is 10.5 Å². The van der Waals surface area contributed by atoms with Crippen LogP contribution in [0.5, 0.6) is 5.75 Å². The van der Waals surface area contributed by atoms with Crippen molar-refractivity contribution in [2.24, 2.45) is 5.73 Å². The normalized spacial score (nSPS) is 16.3. The number of hydrogen-bond acceptors (Lipinski definition) is 6. The molecular weight excluding hydrogens is 396 g/mol. The summed E-state index contributed by atoms with van der Waals surface area (Å²) in [5, 5.41) is 29.5. The van der Waals surface area contributed by atoms with Crippen molar-refractivity contribution in [3.8, 4) is 11.8 Å². The van der Waals surface area contributed by atoms with E-state index in [0.29, 0.717) is 17.8 Å². The molecule has 0 radical (unpaired) electrons. The summed E-state index contributed by atoms with van der Waals surface area (Å²) in [5.74, 6) is -0.655. The molecule has 3 aromatic rings. The van der Waals surface area contributed by atoms with Crippen molar-refractivity contribution in [1.29, 1.82) is 5.26 Å². The number of hydrogen-bond donors (Lipinski definition) is 3. The van der Waals surface area contributed by atoms with Crippen LogP contribution in [0.2, 0.25) is 0 Å². The number of nitrogens with one attached hydrogen (secondary N) is 1. The summed E-state index contributed by atoms with van der Waals surface area (Å²) in [6, 6.07) is 19.5. The van der Waals surface area contributed by atoms with E-state index >= 15 is 0 Å². The zero-order valence-corrected chi connectivity index (χ0v) is 16.7. The van der Waals surface area contributed by atoms with E-state index in [-0.39, 0.29) is 34.0 Å². The van der Waals surface area contributed by atoms with Gasteiger partial charge in [-0.25, -0.2) is 5.21 Å². The van der Waals surface area contributed by atoms with Crippen LogP contribution in [0, 0.1) is 23.5 Å². The van der Waals surface area contributed by atoms with Gasteiger partial charge in [0, 0.05) is 23.9 Å². The minimum Gasteiger partial charge on any atom is -0.595 e. The van der Waals surface area contributed by atoms with Gasteiger partial charge < -0.3 is 20.2 Å². The van der Waals surface area contributed by atoms with Gasteiger partial charge in [0.05, 0.1) is 18.0 Å². The number of fused-ring (bicyclic) bond motifs is 1. The molecule has 8 nitrogen and oxygen atoms in total. The van der Waals surface area contributed by atoms with Crippen LogP contribution in [0.15, 0.2) is 76.9 Å². The summed E-state index contributed by atoms with van der Waals surface area (Å²) in [5.41, 5.74) is 8.18. The van der Waals surface area contributed by atoms with Gasteiger partial charge in [-0.2, -0.15) is 10.5 Å². The van der Waals surface area contributed by atoms with Crippen molar-refractivity contribution < 1.29 is 15.2 Å². The van der Waals surface area contributed by atoms with Crippen LogP contribution in [0.4, 0.5) is 5.69 Å². The maximum absolute atomic E-state index is 13.6. The number of nitriles is 1. The summed E-state index contributed by atoms with van der Waals surface area (Å²) in [7, 11) is 0. The predicted molar refractivity (Wildman–Crippen MR) is 112 cm³/mol. The minimum atomic E-state index is -1.10. The second kappa shape index (κ2) is 8.08. The number of benzene rings is 2. The van der Waals surface area contributed by atoms with E-state index in [1.54, 1.807) is 29.7 Å². The summed E-state index contributed by atoms with van der Waals surface area (Å²) >= 11 is 0. The second-order valence-electron chi connectivity index (χ2n) is 7.30. The quantitative estimate of drug-likeness (QED) is 0.557. The van der Waals surface area contributed by atoms with Gasteiger partial charge in [0.2, 0.25) is 5.88 Å². The van der Waals surface area contributed by atoms with E-state index in [9.17, 15) is 20.5 Å². The van der Waals surface area contributed by atoms with Gasteiger partial charge in [-0.15, -0.1) is 0 Å². The van der Waals surface area contributed by atoms with Crippen LogP contribution in [-0.4, -0.2) is 9.77 Å². The fraction of sp³-hybridized carbons (Fsp3) is 0.130. The number of allylic oxidation sites excluding steroid dienone is 1. The van der Waals surface area contributed by atoms with E-state index < -0.39 is 11.1 Å². The summed E-state index contributed by atoms with van der Waals surface area (Å²) in [4.78, 5) is 13.6. The van der Waals surface area contributed by atoms with Crippen LogP contribution in [0.25, 0.3) is 0 Å². The van der Waals surface area contributed by atoms with Gasteiger partial charge in [-0.3, -0.25) is 4.79 Å². The molecule has 2 atom stereocenters. The van der Waals surface area contributed by atoms with Crippen molar-refractivity contribution in [1.82, 2.24) is 4.57 Å². The van der Waals surface area contributed by atoms with Crippen LogP contribution in [0.3, 0.4) is 0 Å². The molecule has 8 heteroatoms. The maximum Gasteiger partial charge on any atom is 0.259 e.